The Kier molecular flexibility index (Phi) is 4.50. The van der Waals surface area contributed by atoms with Crippen LogP contribution in [0.2, 0.25) is 0 Å². The van der Waals surface area contributed by atoms with Gasteiger partial charge in [-0.3, -0.25) is 14.4 Å². The Labute approximate surface area is 167 Å². The molecule has 0 radical (unpaired) electrons. The predicted molar refractivity (Wildman–Crippen MR) is 109 cm³/mol. The fraction of sp³-hybridized carbons (Fsp3) is 0.565. The van der Waals surface area contributed by atoms with Crippen molar-refractivity contribution in [1.82, 2.24) is 19.6 Å². The van der Waals surface area contributed by atoms with Crippen molar-refractivity contribution in [3.05, 3.63) is 53.9 Å². The molecule has 1 saturated carbocycles. The summed E-state index contributed by atoms with van der Waals surface area (Å²) in [6.07, 6.45) is 7.92. The van der Waals surface area contributed by atoms with Crippen LogP contribution in [0.5, 0.6) is 0 Å². The highest BCUT2D eigenvalue weighted by atomic mass is 16.2. The number of carbonyl (C=O) groups is 1. The Morgan fingerprint density at radius 3 is 2.50 bits per heavy atom. The number of aryl methyl sites for hydroxylation is 1. The summed E-state index contributed by atoms with van der Waals surface area (Å²) in [6, 6.07) is 13.7. The highest BCUT2D eigenvalue weighted by Gasteiger charge is 2.46. The molecule has 1 aromatic carbocycles. The molecule has 2 saturated heterocycles. The van der Waals surface area contributed by atoms with Crippen molar-refractivity contribution in [2.45, 2.75) is 44.1 Å². The Morgan fingerprint density at radius 2 is 1.86 bits per heavy atom. The lowest BCUT2D eigenvalue weighted by Crippen LogP contribution is -2.53. The first kappa shape index (κ1) is 17.9. The minimum Gasteiger partial charge on any atom is -0.337 e. The normalized spacial score (nSPS) is 25.2. The highest BCUT2D eigenvalue weighted by molar-refractivity contribution is 5.92. The van der Waals surface area contributed by atoms with E-state index in [1.807, 2.05) is 18.0 Å². The average Bonchev–Trinajstić information content (AvgIpc) is 3.49. The minimum absolute atomic E-state index is 0.129. The van der Waals surface area contributed by atoms with E-state index in [0.717, 1.165) is 32.0 Å². The van der Waals surface area contributed by atoms with Crippen molar-refractivity contribution in [2.75, 3.05) is 26.2 Å². The maximum absolute atomic E-state index is 12.9. The van der Waals surface area contributed by atoms with E-state index in [-0.39, 0.29) is 5.91 Å². The summed E-state index contributed by atoms with van der Waals surface area (Å²) < 4.78 is 1.69. The van der Waals surface area contributed by atoms with Gasteiger partial charge in [-0.2, -0.15) is 5.10 Å². The number of hydrogen-bond donors (Lipinski definition) is 0. The summed E-state index contributed by atoms with van der Waals surface area (Å²) in [5.41, 5.74) is 2.53. The molecule has 5 rings (SSSR count). The lowest BCUT2D eigenvalue weighted by atomic mass is 9.68. The van der Waals surface area contributed by atoms with Crippen LogP contribution in [0, 0.1) is 5.41 Å². The van der Waals surface area contributed by atoms with E-state index in [2.05, 4.69) is 40.3 Å². The zero-order valence-corrected chi connectivity index (χ0v) is 16.8. The molecule has 1 atom stereocenters. The summed E-state index contributed by atoms with van der Waals surface area (Å²) in [4.78, 5) is 17.7. The number of amides is 1. The molecule has 2 aliphatic heterocycles. The summed E-state index contributed by atoms with van der Waals surface area (Å²) in [7, 11) is 1.85. The van der Waals surface area contributed by atoms with Crippen LogP contribution in [0.25, 0.3) is 0 Å². The summed E-state index contributed by atoms with van der Waals surface area (Å²) in [6.45, 7) is 4.15. The van der Waals surface area contributed by atoms with Crippen LogP contribution in [0.1, 0.15) is 54.1 Å². The number of hydrogen-bond acceptors (Lipinski definition) is 3. The Bertz CT molecular complexity index is 833. The molecule has 0 N–H and O–H groups in total. The van der Waals surface area contributed by atoms with Gasteiger partial charge in [0.2, 0.25) is 0 Å². The molecule has 3 fully saturated rings. The molecule has 5 heteroatoms. The van der Waals surface area contributed by atoms with Crippen LogP contribution in [0.4, 0.5) is 0 Å². The van der Waals surface area contributed by atoms with Crippen LogP contribution < -0.4 is 0 Å². The van der Waals surface area contributed by atoms with Crippen LogP contribution in [0.3, 0.4) is 0 Å². The number of benzene rings is 1. The molecule has 3 heterocycles. The fourth-order valence-corrected chi connectivity index (χ4v) is 5.39. The first-order valence-corrected chi connectivity index (χ1v) is 10.7. The lowest BCUT2D eigenvalue weighted by molar-refractivity contribution is 0.0107. The lowest BCUT2D eigenvalue weighted by Gasteiger charge is -2.50. The number of carbonyl (C=O) groups excluding carboxylic acids is 1. The first-order valence-electron chi connectivity index (χ1n) is 10.7. The van der Waals surface area contributed by atoms with E-state index >= 15 is 0 Å². The van der Waals surface area contributed by atoms with Crippen LogP contribution in [-0.4, -0.2) is 57.7 Å². The van der Waals surface area contributed by atoms with E-state index < -0.39 is 0 Å². The van der Waals surface area contributed by atoms with Gasteiger partial charge in [-0.25, -0.2) is 0 Å². The van der Waals surface area contributed by atoms with Crippen molar-refractivity contribution in [1.29, 1.82) is 0 Å². The maximum atomic E-state index is 12.9. The second-order valence-electron chi connectivity index (χ2n) is 9.10. The number of likely N-dealkylation sites (tertiary alicyclic amines) is 2. The molecule has 0 unspecified atom stereocenters. The molecule has 148 valence electrons. The number of piperidine rings is 2. The summed E-state index contributed by atoms with van der Waals surface area (Å²) in [5, 5.41) is 4.16. The van der Waals surface area contributed by atoms with E-state index in [4.69, 9.17) is 0 Å². The van der Waals surface area contributed by atoms with Crippen molar-refractivity contribution >= 4 is 5.91 Å². The Hall–Kier alpha value is -2.14. The SMILES string of the molecule is Cn1nccc1C(=O)N1CCC2(CC1)C[C@@H](c1ccccc1)CN(C1CC1)C2. The van der Waals surface area contributed by atoms with Gasteiger partial charge in [0.1, 0.15) is 5.69 Å². The minimum atomic E-state index is 0.129. The molecular formula is C23H30N4O. The number of rotatable bonds is 3. The summed E-state index contributed by atoms with van der Waals surface area (Å²) in [5.74, 6) is 0.749. The van der Waals surface area contributed by atoms with Gasteiger partial charge < -0.3 is 4.90 Å². The first-order chi connectivity index (χ1) is 13.6. The zero-order chi connectivity index (χ0) is 19.1. The quantitative estimate of drug-likeness (QED) is 0.823. The van der Waals surface area contributed by atoms with Gasteiger partial charge >= 0.3 is 0 Å². The molecule has 1 aromatic heterocycles. The molecule has 28 heavy (non-hydrogen) atoms. The van der Waals surface area contributed by atoms with Crippen molar-refractivity contribution in [3.8, 4) is 0 Å². The van der Waals surface area contributed by atoms with Crippen molar-refractivity contribution < 1.29 is 4.79 Å². The molecule has 1 aliphatic carbocycles. The smallest absolute Gasteiger partial charge is 0.272 e. The molecule has 5 nitrogen and oxygen atoms in total. The van der Waals surface area contributed by atoms with E-state index in [1.165, 1.54) is 37.9 Å². The van der Waals surface area contributed by atoms with Gasteiger partial charge in [-0.15, -0.1) is 0 Å². The Morgan fingerprint density at radius 1 is 1.11 bits per heavy atom. The second-order valence-corrected chi connectivity index (χ2v) is 9.10. The highest BCUT2D eigenvalue weighted by Crippen LogP contribution is 2.47. The van der Waals surface area contributed by atoms with Gasteiger partial charge in [-0.05, 0) is 55.1 Å². The number of aromatic nitrogens is 2. The predicted octanol–water partition coefficient (Wildman–Crippen LogP) is 3.29. The van der Waals surface area contributed by atoms with Gasteiger partial charge in [0, 0.05) is 45.5 Å². The average molecular weight is 379 g/mol. The zero-order valence-electron chi connectivity index (χ0n) is 16.8. The van der Waals surface area contributed by atoms with Crippen molar-refractivity contribution in [3.63, 3.8) is 0 Å². The van der Waals surface area contributed by atoms with Gasteiger partial charge in [0.25, 0.3) is 5.91 Å². The van der Waals surface area contributed by atoms with Crippen LogP contribution >= 0.6 is 0 Å². The molecule has 3 aliphatic rings. The van der Waals surface area contributed by atoms with E-state index in [1.54, 1.807) is 10.9 Å². The standard InChI is InChI=1S/C23H30N4O/c1-25-21(9-12-24-25)22(28)26-13-10-23(11-14-26)15-19(18-5-3-2-4-6-18)16-27(17-23)20-7-8-20/h2-6,9,12,19-20H,7-8,10-11,13-17H2,1H3/t19-/m1/s1. The van der Waals surface area contributed by atoms with Crippen molar-refractivity contribution in [2.24, 2.45) is 12.5 Å². The Balaban J connectivity index is 1.32. The maximum Gasteiger partial charge on any atom is 0.272 e. The topological polar surface area (TPSA) is 41.4 Å². The second kappa shape index (κ2) is 7.03. The van der Waals surface area contributed by atoms with Gasteiger partial charge in [-0.1, -0.05) is 30.3 Å². The fourth-order valence-electron chi connectivity index (χ4n) is 5.39. The largest absolute Gasteiger partial charge is 0.337 e. The monoisotopic (exact) mass is 378 g/mol. The molecular weight excluding hydrogens is 348 g/mol. The van der Waals surface area contributed by atoms with Gasteiger partial charge in [0.05, 0.1) is 0 Å². The number of nitrogens with zero attached hydrogens (tertiary/aromatic N) is 4. The molecule has 0 bridgehead atoms. The molecule has 1 amide bonds. The third-order valence-corrected chi connectivity index (χ3v) is 7.16. The summed E-state index contributed by atoms with van der Waals surface area (Å²) >= 11 is 0. The van der Waals surface area contributed by atoms with Gasteiger partial charge in [0.15, 0.2) is 0 Å². The van der Waals surface area contributed by atoms with Crippen LogP contribution in [-0.2, 0) is 7.05 Å². The third kappa shape index (κ3) is 3.37. The van der Waals surface area contributed by atoms with E-state index in [0.29, 0.717) is 17.0 Å². The van der Waals surface area contributed by atoms with Crippen LogP contribution in [0.15, 0.2) is 42.6 Å². The molecule has 1 spiro atoms. The van der Waals surface area contributed by atoms with E-state index in [9.17, 15) is 4.79 Å². The third-order valence-electron chi connectivity index (χ3n) is 7.16. The molecule has 2 aromatic rings.